The number of rotatable bonds is 6. The topological polar surface area (TPSA) is 30.5 Å². The molecule has 3 heteroatoms. The standard InChI is InChI=1S/C13H27NO2/c1-5-11-8-6-7-9-12(11)14-10(2)13(15-3)16-4/h10-14H,5-9H2,1-4H3. The zero-order valence-corrected chi connectivity index (χ0v) is 11.2. The molecule has 1 N–H and O–H groups in total. The van der Waals surface area contributed by atoms with Gasteiger partial charge in [0, 0.05) is 20.3 Å². The third kappa shape index (κ3) is 3.72. The average molecular weight is 229 g/mol. The quantitative estimate of drug-likeness (QED) is 0.710. The third-order valence-electron chi connectivity index (χ3n) is 3.78. The Balaban J connectivity index is 2.43. The molecule has 3 nitrogen and oxygen atoms in total. The van der Waals surface area contributed by atoms with Gasteiger partial charge in [0.05, 0.1) is 6.04 Å². The summed E-state index contributed by atoms with van der Waals surface area (Å²) in [5, 5.41) is 3.67. The molecule has 1 aliphatic rings. The maximum Gasteiger partial charge on any atom is 0.171 e. The Hall–Kier alpha value is -0.120. The van der Waals surface area contributed by atoms with E-state index >= 15 is 0 Å². The van der Waals surface area contributed by atoms with Crippen LogP contribution in [-0.4, -0.2) is 32.6 Å². The van der Waals surface area contributed by atoms with E-state index in [1.807, 2.05) is 0 Å². The molecule has 16 heavy (non-hydrogen) atoms. The molecule has 1 fully saturated rings. The fraction of sp³-hybridized carbons (Fsp3) is 1.00. The molecular formula is C13H27NO2. The van der Waals surface area contributed by atoms with Gasteiger partial charge in [0.1, 0.15) is 0 Å². The van der Waals surface area contributed by atoms with Crippen LogP contribution < -0.4 is 5.32 Å². The minimum atomic E-state index is -0.139. The molecule has 0 aromatic rings. The molecule has 1 rings (SSSR count). The molecule has 0 aliphatic heterocycles. The van der Waals surface area contributed by atoms with Crippen LogP contribution in [0.15, 0.2) is 0 Å². The van der Waals surface area contributed by atoms with Crippen LogP contribution in [0.5, 0.6) is 0 Å². The summed E-state index contributed by atoms with van der Waals surface area (Å²) in [7, 11) is 3.40. The van der Waals surface area contributed by atoms with Crippen molar-refractivity contribution in [2.75, 3.05) is 14.2 Å². The van der Waals surface area contributed by atoms with Crippen LogP contribution in [0, 0.1) is 5.92 Å². The van der Waals surface area contributed by atoms with Gasteiger partial charge in [-0.25, -0.2) is 0 Å². The second kappa shape index (κ2) is 7.25. The lowest BCUT2D eigenvalue weighted by Crippen LogP contribution is -2.48. The van der Waals surface area contributed by atoms with E-state index in [-0.39, 0.29) is 12.3 Å². The zero-order valence-electron chi connectivity index (χ0n) is 11.2. The predicted molar refractivity (Wildman–Crippen MR) is 66.4 cm³/mol. The Morgan fingerprint density at radius 3 is 2.38 bits per heavy atom. The molecule has 0 aromatic carbocycles. The number of nitrogens with one attached hydrogen (secondary N) is 1. The lowest BCUT2D eigenvalue weighted by molar-refractivity contribution is -0.122. The summed E-state index contributed by atoms with van der Waals surface area (Å²) in [5.41, 5.74) is 0. The smallest absolute Gasteiger partial charge is 0.171 e. The molecule has 0 aromatic heterocycles. The van der Waals surface area contributed by atoms with E-state index in [1.54, 1.807) is 14.2 Å². The highest BCUT2D eigenvalue weighted by molar-refractivity contribution is 4.83. The third-order valence-corrected chi connectivity index (χ3v) is 3.78. The molecule has 0 amide bonds. The van der Waals surface area contributed by atoms with Gasteiger partial charge in [0.25, 0.3) is 0 Å². The van der Waals surface area contributed by atoms with Gasteiger partial charge in [-0.15, -0.1) is 0 Å². The first-order valence-electron chi connectivity index (χ1n) is 6.54. The SMILES string of the molecule is CCC1CCCCC1NC(C)C(OC)OC. The van der Waals surface area contributed by atoms with Crippen molar-refractivity contribution >= 4 is 0 Å². The molecule has 0 saturated heterocycles. The van der Waals surface area contributed by atoms with Gasteiger partial charge >= 0.3 is 0 Å². The van der Waals surface area contributed by atoms with E-state index in [1.165, 1.54) is 32.1 Å². The van der Waals surface area contributed by atoms with Crippen LogP contribution in [0.2, 0.25) is 0 Å². The van der Waals surface area contributed by atoms with Crippen molar-refractivity contribution in [3.8, 4) is 0 Å². The Labute approximate surface area is 99.9 Å². The van der Waals surface area contributed by atoms with E-state index in [9.17, 15) is 0 Å². The highest BCUT2D eigenvalue weighted by Crippen LogP contribution is 2.27. The first kappa shape index (κ1) is 13.9. The van der Waals surface area contributed by atoms with Crippen molar-refractivity contribution in [3.05, 3.63) is 0 Å². The maximum absolute atomic E-state index is 5.29. The zero-order chi connectivity index (χ0) is 12.0. The number of methoxy groups -OCH3 is 2. The summed E-state index contributed by atoms with van der Waals surface area (Å²) < 4.78 is 10.6. The summed E-state index contributed by atoms with van der Waals surface area (Å²) >= 11 is 0. The van der Waals surface area contributed by atoms with Gasteiger partial charge < -0.3 is 14.8 Å². The summed E-state index contributed by atoms with van der Waals surface area (Å²) in [6.45, 7) is 4.43. The normalized spacial score (nSPS) is 28.3. The van der Waals surface area contributed by atoms with Crippen LogP contribution in [0.3, 0.4) is 0 Å². The van der Waals surface area contributed by atoms with Crippen molar-refractivity contribution in [2.45, 2.75) is 64.3 Å². The molecule has 0 bridgehead atoms. The van der Waals surface area contributed by atoms with Crippen molar-refractivity contribution < 1.29 is 9.47 Å². The van der Waals surface area contributed by atoms with Gasteiger partial charge in [0.2, 0.25) is 0 Å². The lowest BCUT2D eigenvalue weighted by atomic mass is 9.82. The first-order chi connectivity index (χ1) is 7.72. The molecule has 1 aliphatic carbocycles. The highest BCUT2D eigenvalue weighted by Gasteiger charge is 2.27. The number of ether oxygens (including phenoxy) is 2. The van der Waals surface area contributed by atoms with Crippen LogP contribution in [0.1, 0.15) is 46.0 Å². The van der Waals surface area contributed by atoms with Crippen molar-refractivity contribution in [2.24, 2.45) is 5.92 Å². The van der Waals surface area contributed by atoms with E-state index in [0.717, 1.165) is 5.92 Å². The molecule has 0 radical (unpaired) electrons. The molecule has 0 spiro atoms. The molecule has 96 valence electrons. The van der Waals surface area contributed by atoms with Gasteiger partial charge in [-0.2, -0.15) is 0 Å². The summed E-state index contributed by atoms with van der Waals surface area (Å²) in [5.74, 6) is 0.825. The molecule has 3 atom stereocenters. The van der Waals surface area contributed by atoms with Crippen molar-refractivity contribution in [3.63, 3.8) is 0 Å². The van der Waals surface area contributed by atoms with E-state index in [0.29, 0.717) is 6.04 Å². The van der Waals surface area contributed by atoms with Gasteiger partial charge in [0.15, 0.2) is 6.29 Å². The van der Waals surface area contributed by atoms with Crippen molar-refractivity contribution in [1.82, 2.24) is 5.32 Å². The minimum Gasteiger partial charge on any atom is -0.354 e. The molecule has 1 saturated carbocycles. The number of hydrogen-bond donors (Lipinski definition) is 1. The summed E-state index contributed by atoms with van der Waals surface area (Å²) in [6, 6.07) is 0.897. The summed E-state index contributed by atoms with van der Waals surface area (Å²) in [6.07, 6.45) is 6.54. The van der Waals surface area contributed by atoms with Crippen LogP contribution in [0.4, 0.5) is 0 Å². The lowest BCUT2D eigenvalue weighted by Gasteiger charge is -2.35. The second-order valence-electron chi connectivity index (χ2n) is 4.85. The average Bonchev–Trinajstić information content (AvgIpc) is 2.31. The molecule has 3 unspecified atom stereocenters. The van der Waals surface area contributed by atoms with Crippen LogP contribution in [-0.2, 0) is 9.47 Å². The molecular weight excluding hydrogens is 202 g/mol. The van der Waals surface area contributed by atoms with Gasteiger partial charge in [-0.05, 0) is 25.7 Å². The van der Waals surface area contributed by atoms with E-state index in [2.05, 4.69) is 19.2 Å². The fourth-order valence-electron chi connectivity index (χ4n) is 2.84. The van der Waals surface area contributed by atoms with Gasteiger partial charge in [-0.3, -0.25) is 0 Å². The fourth-order valence-corrected chi connectivity index (χ4v) is 2.84. The maximum atomic E-state index is 5.29. The Morgan fingerprint density at radius 2 is 1.81 bits per heavy atom. The Morgan fingerprint density at radius 1 is 1.19 bits per heavy atom. The summed E-state index contributed by atoms with van der Waals surface area (Å²) in [4.78, 5) is 0. The molecule has 0 heterocycles. The second-order valence-corrected chi connectivity index (χ2v) is 4.85. The van der Waals surface area contributed by atoms with Crippen LogP contribution in [0.25, 0.3) is 0 Å². The van der Waals surface area contributed by atoms with E-state index in [4.69, 9.17) is 9.47 Å². The van der Waals surface area contributed by atoms with Crippen molar-refractivity contribution in [1.29, 1.82) is 0 Å². The van der Waals surface area contributed by atoms with E-state index < -0.39 is 0 Å². The van der Waals surface area contributed by atoms with Gasteiger partial charge in [-0.1, -0.05) is 26.2 Å². The minimum absolute atomic E-state index is 0.139. The predicted octanol–water partition coefficient (Wildman–Crippen LogP) is 2.55. The van der Waals surface area contributed by atoms with Crippen LogP contribution >= 0.6 is 0 Å². The largest absolute Gasteiger partial charge is 0.354 e. The Bertz CT molecular complexity index is 183. The first-order valence-corrected chi connectivity index (χ1v) is 6.54. The Kier molecular flexibility index (Phi) is 6.32. The highest BCUT2D eigenvalue weighted by atomic mass is 16.7. The number of hydrogen-bond acceptors (Lipinski definition) is 3. The monoisotopic (exact) mass is 229 g/mol.